The van der Waals surface area contributed by atoms with Crippen LogP contribution < -0.4 is 25.0 Å². The average molecular weight is 687 g/mol. The van der Waals surface area contributed by atoms with Crippen LogP contribution in [0.2, 0.25) is 0 Å². The molecule has 4 rings (SSSR count). The summed E-state index contributed by atoms with van der Waals surface area (Å²) in [6.45, 7) is 2.69. The van der Waals surface area contributed by atoms with Crippen LogP contribution in [0, 0.1) is 0 Å². The van der Waals surface area contributed by atoms with Gasteiger partial charge in [0.25, 0.3) is 11.8 Å². The Balaban J connectivity index is 1.09. The molecular formula is C38H50N6O2S2+2. The van der Waals surface area contributed by atoms with Gasteiger partial charge in [-0.05, 0) is 72.6 Å². The highest BCUT2D eigenvalue weighted by Crippen LogP contribution is 2.21. The fraction of sp³-hybridized carbons (Fsp3) is 0.342. The van der Waals surface area contributed by atoms with Crippen LogP contribution >= 0.6 is 21.6 Å². The van der Waals surface area contributed by atoms with Gasteiger partial charge in [-0.3, -0.25) is 14.5 Å². The molecule has 1 aromatic heterocycles. The molecule has 1 aliphatic heterocycles. The molecule has 48 heavy (non-hydrogen) atoms. The predicted molar refractivity (Wildman–Crippen MR) is 203 cm³/mol. The van der Waals surface area contributed by atoms with Crippen LogP contribution in [0.3, 0.4) is 0 Å². The van der Waals surface area contributed by atoms with Crippen molar-refractivity contribution in [2.45, 2.75) is 19.4 Å². The first-order chi connectivity index (χ1) is 23.3. The minimum Gasteiger partial charge on any atom is -0.381 e. The highest BCUT2D eigenvalue weighted by molar-refractivity contribution is 8.76. The van der Waals surface area contributed by atoms with Gasteiger partial charge in [0.1, 0.15) is 12.2 Å². The van der Waals surface area contributed by atoms with Crippen molar-refractivity contribution >= 4 is 51.2 Å². The number of allylic oxidation sites excluding steroid dienone is 8. The van der Waals surface area contributed by atoms with Gasteiger partial charge in [0.15, 0.2) is 12.7 Å². The number of quaternary nitrogens is 1. The Kier molecular flexibility index (Phi) is 15.2. The lowest BCUT2D eigenvalue weighted by Crippen LogP contribution is -3.11. The van der Waals surface area contributed by atoms with Crippen LogP contribution in [0.15, 0.2) is 108 Å². The fourth-order valence-electron chi connectivity index (χ4n) is 5.22. The summed E-state index contributed by atoms with van der Waals surface area (Å²) in [5.41, 5.74) is 7.01. The molecule has 2 amide bonds. The summed E-state index contributed by atoms with van der Waals surface area (Å²) in [7, 11) is 11.6. The van der Waals surface area contributed by atoms with E-state index in [4.69, 9.17) is 0 Å². The zero-order chi connectivity index (χ0) is 34.1. The van der Waals surface area contributed by atoms with Crippen molar-refractivity contribution in [1.82, 2.24) is 15.5 Å². The summed E-state index contributed by atoms with van der Waals surface area (Å²) in [6.07, 6.45) is 23.1. The molecule has 0 saturated carbocycles. The second kappa shape index (κ2) is 19.7. The second-order valence-corrected chi connectivity index (χ2v) is 14.8. The summed E-state index contributed by atoms with van der Waals surface area (Å²) in [4.78, 5) is 30.7. The van der Waals surface area contributed by atoms with Crippen molar-refractivity contribution in [3.63, 3.8) is 0 Å². The Labute approximate surface area is 294 Å². The molecule has 0 saturated heterocycles. The first-order valence-electron chi connectivity index (χ1n) is 16.5. The minimum atomic E-state index is -0.0156. The molecule has 254 valence electrons. The Morgan fingerprint density at radius 3 is 2.27 bits per heavy atom. The third-order valence-electron chi connectivity index (χ3n) is 8.01. The molecule has 1 atom stereocenters. The van der Waals surface area contributed by atoms with Gasteiger partial charge in [-0.2, -0.15) is 4.57 Å². The van der Waals surface area contributed by atoms with Crippen molar-refractivity contribution in [3.05, 3.63) is 119 Å². The zero-order valence-corrected chi connectivity index (χ0v) is 30.3. The lowest BCUT2D eigenvalue weighted by Gasteiger charge is -2.21. The average Bonchev–Trinajstić information content (AvgIpc) is 3.09. The highest BCUT2D eigenvalue weighted by atomic mass is 33.1. The summed E-state index contributed by atoms with van der Waals surface area (Å²) in [5, 5.41) is 6.09. The van der Waals surface area contributed by atoms with Crippen molar-refractivity contribution < 1.29 is 19.1 Å². The Bertz CT molecular complexity index is 1560. The SMILES string of the molecule is CN(C)C1=CC=C(/C=C/C2=CC=CC[NH+]2CC(=O)NCCSSCCNC(=O)C[n+]2ccccc2/C=C/c2ccc(N(C)C)cc2)CC1. The standard InChI is InChI=1S/C38H48N6O2S2/c1-41(2)33-17-11-31(12-18-33)15-21-35-9-5-7-25-43(35)29-37(45)39-23-27-47-48-28-24-40-38(46)30-44-26-8-6-10-36(44)22-16-32-13-19-34(20-14-32)42(3)4/h5-13,15-19,21-22,25H,14,20,23-24,26-30H2,1-4H3,(H-,39,40,45,46)/p+2/b22-16+. The van der Waals surface area contributed by atoms with Crippen molar-refractivity contribution in [3.8, 4) is 0 Å². The zero-order valence-electron chi connectivity index (χ0n) is 28.7. The summed E-state index contributed by atoms with van der Waals surface area (Å²) in [6, 6.07) is 14.3. The molecule has 0 spiro atoms. The number of nitrogens with one attached hydrogen (secondary N) is 3. The maximum absolute atomic E-state index is 12.7. The van der Waals surface area contributed by atoms with Crippen LogP contribution in [0.25, 0.3) is 12.2 Å². The van der Waals surface area contributed by atoms with Gasteiger partial charge in [0.05, 0.1) is 0 Å². The van der Waals surface area contributed by atoms with Crippen LogP contribution in [0.4, 0.5) is 5.69 Å². The van der Waals surface area contributed by atoms with Crippen molar-refractivity contribution in [2.24, 2.45) is 0 Å². The molecule has 2 aliphatic rings. The van der Waals surface area contributed by atoms with E-state index in [0.717, 1.165) is 58.4 Å². The monoisotopic (exact) mass is 686 g/mol. The first kappa shape index (κ1) is 36.8. The topological polar surface area (TPSA) is 73.0 Å². The van der Waals surface area contributed by atoms with Gasteiger partial charge < -0.3 is 20.4 Å². The minimum absolute atomic E-state index is 0.0156. The number of rotatable bonds is 17. The second-order valence-electron chi connectivity index (χ2n) is 12.1. The number of anilines is 1. The van der Waals surface area contributed by atoms with Crippen LogP contribution in [-0.2, 0) is 16.1 Å². The summed E-state index contributed by atoms with van der Waals surface area (Å²) in [5.74, 6) is 1.65. The third kappa shape index (κ3) is 12.6. The van der Waals surface area contributed by atoms with Gasteiger partial charge in [0.2, 0.25) is 12.2 Å². The quantitative estimate of drug-likeness (QED) is 0.133. The van der Waals surface area contributed by atoms with Gasteiger partial charge in [0, 0.05) is 82.4 Å². The Morgan fingerprint density at radius 1 is 0.833 bits per heavy atom. The van der Waals surface area contributed by atoms with E-state index in [1.165, 1.54) is 11.3 Å². The molecule has 0 radical (unpaired) electrons. The molecular weight excluding hydrogens is 637 g/mol. The molecule has 8 nitrogen and oxygen atoms in total. The molecule has 3 N–H and O–H groups in total. The number of carbonyl (C=O) groups excluding carboxylic acids is 2. The van der Waals surface area contributed by atoms with Gasteiger partial charge in [-0.1, -0.05) is 51.9 Å². The van der Waals surface area contributed by atoms with E-state index in [1.807, 2.05) is 49.1 Å². The van der Waals surface area contributed by atoms with E-state index in [9.17, 15) is 9.59 Å². The van der Waals surface area contributed by atoms with Crippen molar-refractivity contribution in [1.29, 1.82) is 0 Å². The number of nitrogens with zero attached hydrogens (tertiary/aromatic N) is 3. The van der Waals surface area contributed by atoms with E-state index in [1.54, 1.807) is 21.6 Å². The molecule has 2 heterocycles. The van der Waals surface area contributed by atoms with E-state index in [0.29, 0.717) is 19.6 Å². The molecule has 0 bridgehead atoms. The number of aromatic nitrogens is 1. The van der Waals surface area contributed by atoms with Crippen LogP contribution in [0.1, 0.15) is 24.1 Å². The molecule has 10 heteroatoms. The van der Waals surface area contributed by atoms with E-state index in [-0.39, 0.29) is 18.4 Å². The summed E-state index contributed by atoms with van der Waals surface area (Å²) < 4.78 is 1.95. The van der Waals surface area contributed by atoms with E-state index >= 15 is 0 Å². The third-order valence-corrected chi connectivity index (χ3v) is 10.4. The van der Waals surface area contributed by atoms with Crippen molar-refractivity contribution in [2.75, 3.05) is 70.8 Å². The fourth-order valence-corrected chi connectivity index (χ4v) is 7.03. The molecule has 1 aliphatic carbocycles. The molecule has 0 fully saturated rings. The van der Waals surface area contributed by atoms with Crippen LogP contribution in [0.5, 0.6) is 0 Å². The molecule has 1 aromatic carbocycles. The van der Waals surface area contributed by atoms with E-state index < -0.39 is 0 Å². The van der Waals surface area contributed by atoms with Gasteiger partial charge in [-0.15, -0.1) is 0 Å². The normalized spacial score (nSPS) is 16.0. The number of amides is 2. The molecule has 1 unspecified atom stereocenters. The molecule has 2 aromatic rings. The maximum Gasteiger partial charge on any atom is 0.286 e. The van der Waals surface area contributed by atoms with Gasteiger partial charge >= 0.3 is 0 Å². The maximum atomic E-state index is 12.7. The van der Waals surface area contributed by atoms with E-state index in [2.05, 4.69) is 107 Å². The summed E-state index contributed by atoms with van der Waals surface area (Å²) >= 11 is 0. The number of hydrogen-bond donors (Lipinski definition) is 3. The Hall–Kier alpha value is -3.99. The van der Waals surface area contributed by atoms with Gasteiger partial charge in [-0.25, -0.2) is 0 Å². The number of benzene rings is 1. The highest BCUT2D eigenvalue weighted by Gasteiger charge is 2.18. The predicted octanol–water partition coefficient (Wildman–Crippen LogP) is 3.88. The number of carbonyl (C=O) groups is 2. The largest absolute Gasteiger partial charge is 0.381 e. The van der Waals surface area contributed by atoms with Crippen LogP contribution in [-0.4, -0.2) is 82.6 Å². The smallest absolute Gasteiger partial charge is 0.286 e. The number of pyridine rings is 1. The lowest BCUT2D eigenvalue weighted by molar-refractivity contribution is -0.843. The number of hydrogen-bond acceptors (Lipinski definition) is 6. The first-order valence-corrected chi connectivity index (χ1v) is 19.0. The Morgan fingerprint density at radius 2 is 1.58 bits per heavy atom. The lowest BCUT2D eigenvalue weighted by atomic mass is 10.0.